The molecule has 0 saturated heterocycles. The SMILES string of the molecule is CCOC(C)(C)CNCc1cc(Cl)cs1. The molecule has 0 aromatic carbocycles. The summed E-state index contributed by atoms with van der Waals surface area (Å²) in [6.07, 6.45) is 0. The van der Waals surface area contributed by atoms with Crippen LogP contribution in [0, 0.1) is 0 Å². The minimum Gasteiger partial charge on any atom is -0.375 e. The highest BCUT2D eigenvalue weighted by Crippen LogP contribution is 2.18. The first-order valence-corrected chi connectivity index (χ1v) is 6.37. The van der Waals surface area contributed by atoms with Crippen LogP contribution in [0.15, 0.2) is 11.4 Å². The van der Waals surface area contributed by atoms with Gasteiger partial charge in [-0.05, 0) is 26.8 Å². The Morgan fingerprint density at radius 2 is 2.27 bits per heavy atom. The van der Waals surface area contributed by atoms with E-state index in [9.17, 15) is 0 Å². The van der Waals surface area contributed by atoms with E-state index >= 15 is 0 Å². The summed E-state index contributed by atoms with van der Waals surface area (Å²) in [5.41, 5.74) is -0.101. The van der Waals surface area contributed by atoms with Crippen molar-refractivity contribution in [2.24, 2.45) is 0 Å². The second kappa shape index (κ2) is 5.85. The van der Waals surface area contributed by atoms with Crippen molar-refractivity contribution in [3.05, 3.63) is 21.3 Å². The van der Waals surface area contributed by atoms with Gasteiger partial charge in [0, 0.05) is 30.0 Å². The van der Waals surface area contributed by atoms with Crippen LogP contribution in [0.1, 0.15) is 25.6 Å². The number of halogens is 1. The van der Waals surface area contributed by atoms with Crippen LogP contribution in [-0.2, 0) is 11.3 Å². The molecule has 0 atom stereocenters. The van der Waals surface area contributed by atoms with Gasteiger partial charge in [-0.25, -0.2) is 0 Å². The van der Waals surface area contributed by atoms with Gasteiger partial charge >= 0.3 is 0 Å². The van der Waals surface area contributed by atoms with Crippen molar-refractivity contribution in [3.8, 4) is 0 Å². The minimum absolute atomic E-state index is 0.101. The fourth-order valence-corrected chi connectivity index (χ4v) is 2.42. The summed E-state index contributed by atoms with van der Waals surface area (Å²) in [4.78, 5) is 1.26. The third-order valence-corrected chi connectivity index (χ3v) is 3.29. The Balaban J connectivity index is 2.27. The monoisotopic (exact) mass is 247 g/mol. The quantitative estimate of drug-likeness (QED) is 0.833. The molecule has 0 aliphatic heterocycles. The Kier molecular flexibility index (Phi) is 5.06. The number of hydrogen-bond donors (Lipinski definition) is 1. The Morgan fingerprint density at radius 3 is 2.80 bits per heavy atom. The Morgan fingerprint density at radius 1 is 1.53 bits per heavy atom. The molecule has 4 heteroatoms. The van der Waals surface area contributed by atoms with Crippen molar-refractivity contribution in [3.63, 3.8) is 0 Å². The Bertz CT molecular complexity index is 299. The van der Waals surface area contributed by atoms with E-state index in [1.807, 2.05) is 18.4 Å². The zero-order valence-electron chi connectivity index (χ0n) is 9.47. The summed E-state index contributed by atoms with van der Waals surface area (Å²) in [6.45, 7) is 8.64. The van der Waals surface area contributed by atoms with E-state index < -0.39 is 0 Å². The van der Waals surface area contributed by atoms with Gasteiger partial charge in [0.2, 0.25) is 0 Å². The molecule has 0 spiro atoms. The largest absolute Gasteiger partial charge is 0.375 e. The molecule has 0 unspecified atom stereocenters. The van der Waals surface area contributed by atoms with E-state index in [1.54, 1.807) is 11.3 Å². The summed E-state index contributed by atoms with van der Waals surface area (Å²) < 4.78 is 5.59. The summed E-state index contributed by atoms with van der Waals surface area (Å²) in [6, 6.07) is 1.99. The van der Waals surface area contributed by atoms with Crippen LogP contribution in [0.3, 0.4) is 0 Å². The number of ether oxygens (including phenoxy) is 1. The highest BCUT2D eigenvalue weighted by molar-refractivity contribution is 7.10. The molecule has 86 valence electrons. The lowest BCUT2D eigenvalue weighted by Crippen LogP contribution is -2.37. The molecular formula is C11H18ClNOS. The smallest absolute Gasteiger partial charge is 0.0750 e. The molecule has 1 N–H and O–H groups in total. The van der Waals surface area contributed by atoms with E-state index in [4.69, 9.17) is 16.3 Å². The van der Waals surface area contributed by atoms with Gasteiger partial charge in [0.15, 0.2) is 0 Å². The van der Waals surface area contributed by atoms with E-state index in [0.717, 1.165) is 24.7 Å². The zero-order valence-corrected chi connectivity index (χ0v) is 11.0. The average Bonchev–Trinajstić information content (AvgIpc) is 2.51. The maximum absolute atomic E-state index is 5.84. The second-order valence-corrected chi connectivity index (χ2v) is 5.46. The molecule has 1 rings (SSSR count). The first-order chi connectivity index (χ1) is 7.03. The van der Waals surface area contributed by atoms with Gasteiger partial charge < -0.3 is 10.1 Å². The van der Waals surface area contributed by atoms with Gasteiger partial charge in [-0.1, -0.05) is 11.6 Å². The molecule has 0 amide bonds. The number of rotatable bonds is 6. The van der Waals surface area contributed by atoms with Crippen LogP contribution in [0.25, 0.3) is 0 Å². The number of hydrogen-bond acceptors (Lipinski definition) is 3. The van der Waals surface area contributed by atoms with Crippen LogP contribution in [0.2, 0.25) is 5.02 Å². The van der Waals surface area contributed by atoms with Crippen molar-refractivity contribution in [2.75, 3.05) is 13.2 Å². The van der Waals surface area contributed by atoms with Crippen LogP contribution < -0.4 is 5.32 Å². The van der Waals surface area contributed by atoms with Crippen LogP contribution >= 0.6 is 22.9 Å². The van der Waals surface area contributed by atoms with E-state index in [2.05, 4.69) is 19.2 Å². The standard InChI is InChI=1S/C11H18ClNOS/c1-4-14-11(2,3)8-13-6-10-5-9(12)7-15-10/h5,7,13H,4,6,8H2,1-3H3. The lowest BCUT2D eigenvalue weighted by molar-refractivity contribution is -0.00893. The molecule has 1 heterocycles. The fourth-order valence-electron chi connectivity index (χ4n) is 1.38. The van der Waals surface area contributed by atoms with Gasteiger partial charge in [-0.2, -0.15) is 0 Å². The summed E-state index contributed by atoms with van der Waals surface area (Å²) >= 11 is 7.52. The third kappa shape index (κ3) is 4.98. The summed E-state index contributed by atoms with van der Waals surface area (Å²) in [5, 5.41) is 6.14. The first-order valence-electron chi connectivity index (χ1n) is 5.11. The topological polar surface area (TPSA) is 21.3 Å². The molecular weight excluding hydrogens is 230 g/mol. The van der Waals surface area contributed by atoms with E-state index in [1.165, 1.54) is 4.88 Å². The molecule has 0 aliphatic carbocycles. The summed E-state index contributed by atoms with van der Waals surface area (Å²) in [5.74, 6) is 0. The molecule has 0 bridgehead atoms. The summed E-state index contributed by atoms with van der Waals surface area (Å²) in [7, 11) is 0. The van der Waals surface area contributed by atoms with Gasteiger partial charge in [0.1, 0.15) is 0 Å². The van der Waals surface area contributed by atoms with Crippen molar-refractivity contribution >= 4 is 22.9 Å². The molecule has 1 aromatic heterocycles. The van der Waals surface area contributed by atoms with Crippen LogP contribution in [-0.4, -0.2) is 18.8 Å². The van der Waals surface area contributed by atoms with Gasteiger partial charge in [0.05, 0.1) is 10.6 Å². The van der Waals surface area contributed by atoms with Gasteiger partial charge in [-0.3, -0.25) is 0 Å². The molecule has 0 aliphatic rings. The fraction of sp³-hybridized carbons (Fsp3) is 0.636. The predicted octanol–water partition coefficient (Wildman–Crippen LogP) is 3.31. The lowest BCUT2D eigenvalue weighted by Gasteiger charge is -2.24. The maximum atomic E-state index is 5.84. The van der Waals surface area contributed by atoms with Crippen molar-refractivity contribution in [1.82, 2.24) is 5.32 Å². The molecule has 1 aromatic rings. The third-order valence-electron chi connectivity index (χ3n) is 2.01. The average molecular weight is 248 g/mol. The van der Waals surface area contributed by atoms with E-state index in [-0.39, 0.29) is 5.60 Å². The maximum Gasteiger partial charge on any atom is 0.0750 e. The molecule has 0 fully saturated rings. The molecule has 15 heavy (non-hydrogen) atoms. The van der Waals surface area contributed by atoms with Crippen molar-refractivity contribution in [1.29, 1.82) is 0 Å². The normalized spacial score (nSPS) is 12.0. The zero-order chi connectivity index (χ0) is 11.3. The Labute approximate surface area is 101 Å². The number of thiophene rings is 1. The molecule has 2 nitrogen and oxygen atoms in total. The first kappa shape index (κ1) is 13.0. The van der Waals surface area contributed by atoms with Crippen LogP contribution in [0.4, 0.5) is 0 Å². The predicted molar refractivity (Wildman–Crippen MR) is 66.7 cm³/mol. The Hall–Kier alpha value is -0.0900. The van der Waals surface area contributed by atoms with Gasteiger partial charge in [0.25, 0.3) is 0 Å². The molecule has 0 saturated carbocycles. The highest BCUT2D eigenvalue weighted by atomic mass is 35.5. The highest BCUT2D eigenvalue weighted by Gasteiger charge is 2.16. The number of nitrogens with one attached hydrogen (secondary N) is 1. The van der Waals surface area contributed by atoms with Crippen molar-refractivity contribution in [2.45, 2.75) is 32.9 Å². The van der Waals surface area contributed by atoms with Crippen LogP contribution in [0.5, 0.6) is 0 Å². The van der Waals surface area contributed by atoms with E-state index in [0.29, 0.717) is 0 Å². The minimum atomic E-state index is -0.101. The second-order valence-electron chi connectivity index (χ2n) is 4.03. The molecule has 0 radical (unpaired) electrons. The van der Waals surface area contributed by atoms with Crippen molar-refractivity contribution < 1.29 is 4.74 Å². The lowest BCUT2D eigenvalue weighted by atomic mass is 10.1. The van der Waals surface area contributed by atoms with Gasteiger partial charge in [-0.15, -0.1) is 11.3 Å².